The lowest BCUT2D eigenvalue weighted by atomic mass is 10.1. The number of likely N-dealkylation sites (N-methyl/N-ethyl adjacent to an activating group) is 1. The number of anilines is 1. The predicted octanol–water partition coefficient (Wildman–Crippen LogP) is 1.33. The van der Waals surface area contributed by atoms with Crippen LogP contribution in [-0.2, 0) is 11.3 Å². The molecule has 0 saturated heterocycles. The van der Waals surface area contributed by atoms with E-state index in [0.29, 0.717) is 17.8 Å². The fourth-order valence-electron chi connectivity index (χ4n) is 2.68. The van der Waals surface area contributed by atoms with Gasteiger partial charge in [0.1, 0.15) is 12.6 Å². The van der Waals surface area contributed by atoms with E-state index in [1.165, 1.54) is 0 Å². The summed E-state index contributed by atoms with van der Waals surface area (Å²) in [5.41, 5.74) is 2.06. The lowest BCUT2D eigenvalue weighted by Crippen LogP contribution is -3.12. The van der Waals surface area contributed by atoms with Gasteiger partial charge in [-0.05, 0) is 37.3 Å². The number of nitrogens with one attached hydrogen (secondary N) is 2. The van der Waals surface area contributed by atoms with E-state index < -0.39 is 0 Å². The summed E-state index contributed by atoms with van der Waals surface area (Å²) < 4.78 is 10.7. The monoisotopic (exact) mass is 338 g/mol. The Labute approximate surface area is 146 Å². The molecule has 1 amide bonds. The SMILES string of the molecule is C[C@@H](C(=O)Nc1ccccc1C#N)[NH+](C)Cc1ccc2c(c1)OCO2. The average molecular weight is 338 g/mol. The van der Waals surface area contributed by atoms with Gasteiger partial charge in [0, 0.05) is 5.56 Å². The zero-order valence-corrected chi connectivity index (χ0v) is 14.2. The number of carbonyl (C=O) groups excluding carboxylic acids is 1. The first kappa shape index (κ1) is 16.8. The Morgan fingerprint density at radius 1 is 1.28 bits per heavy atom. The van der Waals surface area contributed by atoms with Gasteiger partial charge in [-0.2, -0.15) is 5.26 Å². The highest BCUT2D eigenvalue weighted by atomic mass is 16.7. The van der Waals surface area contributed by atoms with Crippen LogP contribution in [0.25, 0.3) is 0 Å². The van der Waals surface area contributed by atoms with Gasteiger partial charge in [0.2, 0.25) is 6.79 Å². The third-order valence-corrected chi connectivity index (χ3v) is 4.36. The fraction of sp³-hybridized carbons (Fsp3) is 0.263. The van der Waals surface area contributed by atoms with Crippen LogP contribution >= 0.6 is 0 Å². The van der Waals surface area contributed by atoms with Gasteiger partial charge >= 0.3 is 0 Å². The van der Waals surface area contributed by atoms with Gasteiger partial charge in [-0.25, -0.2) is 0 Å². The van der Waals surface area contributed by atoms with Crippen molar-refractivity contribution >= 4 is 11.6 Å². The van der Waals surface area contributed by atoms with Crippen LogP contribution in [-0.4, -0.2) is 25.8 Å². The summed E-state index contributed by atoms with van der Waals surface area (Å²) >= 11 is 0. The lowest BCUT2D eigenvalue weighted by Gasteiger charge is -2.21. The van der Waals surface area contributed by atoms with E-state index in [1.54, 1.807) is 24.3 Å². The minimum absolute atomic E-state index is 0.124. The van der Waals surface area contributed by atoms with Crippen molar-refractivity contribution in [2.75, 3.05) is 19.2 Å². The van der Waals surface area contributed by atoms with Crippen molar-refractivity contribution in [2.24, 2.45) is 0 Å². The summed E-state index contributed by atoms with van der Waals surface area (Å²) in [4.78, 5) is 13.5. The lowest BCUT2D eigenvalue weighted by molar-refractivity contribution is -0.907. The molecule has 25 heavy (non-hydrogen) atoms. The minimum atomic E-state index is -0.280. The first-order valence-electron chi connectivity index (χ1n) is 8.09. The van der Waals surface area contributed by atoms with Crippen molar-refractivity contribution < 1.29 is 19.2 Å². The van der Waals surface area contributed by atoms with Crippen molar-refractivity contribution in [1.82, 2.24) is 0 Å². The minimum Gasteiger partial charge on any atom is -0.454 e. The van der Waals surface area contributed by atoms with E-state index in [4.69, 9.17) is 14.7 Å². The highest BCUT2D eigenvalue weighted by Gasteiger charge is 2.23. The molecular weight excluding hydrogens is 318 g/mol. The van der Waals surface area contributed by atoms with E-state index in [2.05, 4.69) is 11.4 Å². The first-order chi connectivity index (χ1) is 12.1. The summed E-state index contributed by atoms with van der Waals surface area (Å²) in [6.45, 7) is 2.79. The van der Waals surface area contributed by atoms with E-state index >= 15 is 0 Å². The maximum Gasteiger partial charge on any atom is 0.282 e. The summed E-state index contributed by atoms with van der Waals surface area (Å²) in [6.07, 6.45) is 0. The Morgan fingerprint density at radius 3 is 2.84 bits per heavy atom. The second kappa shape index (κ2) is 7.24. The third-order valence-electron chi connectivity index (χ3n) is 4.36. The number of quaternary nitrogens is 1. The van der Waals surface area contributed by atoms with Crippen LogP contribution in [0.1, 0.15) is 18.1 Å². The number of fused-ring (bicyclic) bond motifs is 1. The van der Waals surface area contributed by atoms with Gasteiger partial charge in [0.15, 0.2) is 17.5 Å². The number of nitrogens with zero attached hydrogens (tertiary/aromatic N) is 1. The molecule has 3 rings (SSSR count). The molecule has 0 radical (unpaired) electrons. The standard InChI is InChI=1S/C19H19N3O3/c1-13(19(23)21-16-6-4-3-5-15(16)10-20)22(2)11-14-7-8-17-18(9-14)25-12-24-17/h3-9,13H,11-12H2,1-2H3,(H,21,23)/p+1/t13-/m0/s1. The molecule has 2 aromatic carbocycles. The molecule has 2 aromatic rings. The normalized spacial score (nSPS) is 14.4. The van der Waals surface area contributed by atoms with E-state index in [1.807, 2.05) is 32.2 Å². The number of ether oxygens (including phenoxy) is 2. The number of amides is 1. The maximum atomic E-state index is 12.5. The molecule has 0 aliphatic carbocycles. The van der Waals surface area contributed by atoms with Crippen LogP contribution in [0, 0.1) is 11.3 Å². The summed E-state index contributed by atoms with van der Waals surface area (Å²) in [7, 11) is 1.96. The summed E-state index contributed by atoms with van der Waals surface area (Å²) in [5.74, 6) is 1.37. The van der Waals surface area contributed by atoms with Gasteiger partial charge in [-0.15, -0.1) is 0 Å². The third kappa shape index (κ3) is 3.73. The quantitative estimate of drug-likeness (QED) is 0.862. The summed E-state index contributed by atoms with van der Waals surface area (Å²) in [6, 6.07) is 14.6. The Bertz CT molecular complexity index is 829. The van der Waals surface area contributed by atoms with Crippen LogP contribution < -0.4 is 19.7 Å². The van der Waals surface area contributed by atoms with Crippen LogP contribution in [0.2, 0.25) is 0 Å². The molecule has 0 bridgehead atoms. The molecule has 2 atom stereocenters. The Balaban J connectivity index is 1.64. The molecule has 0 saturated carbocycles. The van der Waals surface area contributed by atoms with Crippen LogP contribution in [0.15, 0.2) is 42.5 Å². The first-order valence-corrected chi connectivity index (χ1v) is 8.09. The van der Waals surface area contributed by atoms with Gasteiger partial charge in [-0.3, -0.25) is 4.79 Å². The molecular formula is C19H20N3O3+. The molecule has 128 valence electrons. The molecule has 1 heterocycles. The van der Waals surface area contributed by atoms with Crippen molar-refractivity contribution in [3.63, 3.8) is 0 Å². The van der Waals surface area contributed by atoms with Crippen molar-refractivity contribution in [3.05, 3.63) is 53.6 Å². The topological polar surface area (TPSA) is 75.8 Å². The number of nitriles is 1. The summed E-state index contributed by atoms with van der Waals surface area (Å²) in [5, 5.41) is 12.0. The number of hydrogen-bond donors (Lipinski definition) is 2. The number of carbonyl (C=O) groups is 1. The van der Waals surface area contributed by atoms with Gasteiger partial charge < -0.3 is 19.7 Å². The van der Waals surface area contributed by atoms with Crippen molar-refractivity contribution in [3.8, 4) is 17.6 Å². The zero-order chi connectivity index (χ0) is 17.8. The number of rotatable bonds is 5. The van der Waals surface area contributed by atoms with Gasteiger partial charge in [0.05, 0.1) is 18.3 Å². The largest absolute Gasteiger partial charge is 0.454 e. The maximum absolute atomic E-state index is 12.5. The predicted molar refractivity (Wildman–Crippen MR) is 92.4 cm³/mol. The number of hydrogen-bond acceptors (Lipinski definition) is 4. The van der Waals surface area contributed by atoms with E-state index in [0.717, 1.165) is 22.0 Å². The Hall–Kier alpha value is -3.04. The van der Waals surface area contributed by atoms with Gasteiger partial charge in [0.25, 0.3) is 5.91 Å². The Kier molecular flexibility index (Phi) is 4.87. The molecule has 1 unspecified atom stereocenters. The second-order valence-electron chi connectivity index (χ2n) is 6.08. The van der Waals surface area contributed by atoms with E-state index in [9.17, 15) is 4.79 Å². The smallest absolute Gasteiger partial charge is 0.282 e. The Morgan fingerprint density at radius 2 is 2.04 bits per heavy atom. The van der Waals surface area contributed by atoms with E-state index in [-0.39, 0.29) is 18.7 Å². The molecule has 1 aliphatic heterocycles. The molecule has 0 spiro atoms. The highest BCUT2D eigenvalue weighted by Crippen LogP contribution is 2.32. The molecule has 6 nitrogen and oxygen atoms in total. The fourth-order valence-corrected chi connectivity index (χ4v) is 2.68. The molecule has 2 N–H and O–H groups in total. The van der Waals surface area contributed by atoms with Crippen LogP contribution in [0.4, 0.5) is 5.69 Å². The highest BCUT2D eigenvalue weighted by molar-refractivity contribution is 5.94. The average Bonchev–Trinajstić information content (AvgIpc) is 3.09. The molecule has 0 aromatic heterocycles. The number of para-hydroxylation sites is 1. The van der Waals surface area contributed by atoms with Crippen molar-refractivity contribution in [2.45, 2.75) is 19.5 Å². The van der Waals surface area contributed by atoms with Crippen LogP contribution in [0.3, 0.4) is 0 Å². The van der Waals surface area contributed by atoms with Gasteiger partial charge in [-0.1, -0.05) is 12.1 Å². The van der Waals surface area contributed by atoms with Crippen LogP contribution in [0.5, 0.6) is 11.5 Å². The molecule has 1 aliphatic rings. The molecule has 6 heteroatoms. The number of benzene rings is 2. The second-order valence-corrected chi connectivity index (χ2v) is 6.08. The van der Waals surface area contributed by atoms with Crippen molar-refractivity contribution in [1.29, 1.82) is 5.26 Å². The zero-order valence-electron chi connectivity index (χ0n) is 14.2. The molecule has 0 fully saturated rings.